The number of aromatic nitrogens is 1. The van der Waals surface area contributed by atoms with Gasteiger partial charge in [0.1, 0.15) is 10.6 Å². The number of nitrogens with zero attached hydrogens (tertiary/aromatic N) is 3. The van der Waals surface area contributed by atoms with Crippen LogP contribution in [0, 0.1) is 13.8 Å². The summed E-state index contributed by atoms with van der Waals surface area (Å²) < 4.78 is 5.39. The lowest BCUT2D eigenvalue weighted by atomic mass is 10.2. The number of carbonyl (C=O) groups excluding carboxylic acids is 1. The molecule has 27 heavy (non-hydrogen) atoms. The smallest absolute Gasteiger partial charge is 0.410 e. The zero-order valence-corrected chi connectivity index (χ0v) is 20.8. The summed E-state index contributed by atoms with van der Waals surface area (Å²) in [6, 6.07) is 0.0553. The molecule has 0 aliphatic carbocycles. The van der Waals surface area contributed by atoms with Crippen molar-refractivity contribution in [2.75, 3.05) is 20.6 Å². The first kappa shape index (κ1) is 25.9. The summed E-state index contributed by atoms with van der Waals surface area (Å²) >= 11 is 1.69. The number of rotatable bonds is 6. The molecule has 0 aliphatic rings. The van der Waals surface area contributed by atoms with Crippen LogP contribution in [0.25, 0.3) is 0 Å². The van der Waals surface area contributed by atoms with Crippen molar-refractivity contribution in [1.82, 2.24) is 20.5 Å². The zero-order valence-electron chi connectivity index (χ0n) is 17.7. The number of aryl methyl sites for hydroxylation is 2. The minimum absolute atomic E-state index is 0. The maximum Gasteiger partial charge on any atom is 0.410 e. The highest BCUT2D eigenvalue weighted by Gasteiger charge is 2.22. The van der Waals surface area contributed by atoms with Crippen molar-refractivity contribution in [3.63, 3.8) is 0 Å². The monoisotopic (exact) mass is 511 g/mol. The van der Waals surface area contributed by atoms with Crippen molar-refractivity contribution >= 4 is 47.4 Å². The SMILES string of the molecule is CN=C(NCCC(C)N(C)C(=O)OC(C)(C)C)NCc1nc(C)c(C)s1.I. The first-order chi connectivity index (χ1) is 12.0. The van der Waals surface area contributed by atoms with Crippen LogP contribution < -0.4 is 10.6 Å². The van der Waals surface area contributed by atoms with E-state index in [1.807, 2.05) is 34.6 Å². The van der Waals surface area contributed by atoms with E-state index in [0.29, 0.717) is 13.1 Å². The topological polar surface area (TPSA) is 78.9 Å². The first-order valence-electron chi connectivity index (χ1n) is 8.86. The van der Waals surface area contributed by atoms with Crippen LogP contribution in [0.15, 0.2) is 4.99 Å². The van der Waals surface area contributed by atoms with Gasteiger partial charge in [0.05, 0.1) is 12.2 Å². The van der Waals surface area contributed by atoms with Gasteiger partial charge in [0.15, 0.2) is 5.96 Å². The molecule has 1 rings (SSSR count). The Morgan fingerprint density at radius 2 is 1.96 bits per heavy atom. The van der Waals surface area contributed by atoms with Gasteiger partial charge in [-0.05, 0) is 48.0 Å². The number of amides is 1. The van der Waals surface area contributed by atoms with Crippen molar-refractivity contribution < 1.29 is 9.53 Å². The van der Waals surface area contributed by atoms with Crippen molar-refractivity contribution in [1.29, 1.82) is 0 Å². The molecule has 1 aromatic rings. The average Bonchev–Trinajstić information content (AvgIpc) is 2.86. The lowest BCUT2D eigenvalue weighted by Gasteiger charge is -2.28. The van der Waals surface area contributed by atoms with Gasteiger partial charge in [-0.3, -0.25) is 4.99 Å². The lowest BCUT2D eigenvalue weighted by Crippen LogP contribution is -2.42. The van der Waals surface area contributed by atoms with Crippen molar-refractivity contribution in [2.45, 2.75) is 66.2 Å². The van der Waals surface area contributed by atoms with E-state index < -0.39 is 5.60 Å². The molecule has 9 heteroatoms. The number of guanidine groups is 1. The van der Waals surface area contributed by atoms with E-state index in [2.05, 4.69) is 27.5 Å². The van der Waals surface area contributed by atoms with Crippen LogP contribution in [-0.4, -0.2) is 54.2 Å². The molecule has 0 saturated heterocycles. The molecule has 1 heterocycles. The van der Waals surface area contributed by atoms with Crippen LogP contribution >= 0.6 is 35.3 Å². The summed E-state index contributed by atoms with van der Waals surface area (Å²) in [5.74, 6) is 0.725. The molecule has 0 aromatic carbocycles. The Bertz CT molecular complexity index is 608. The Hall–Kier alpha value is -1.10. The summed E-state index contributed by atoms with van der Waals surface area (Å²) in [6.45, 7) is 13.0. The van der Waals surface area contributed by atoms with Crippen LogP contribution in [0.3, 0.4) is 0 Å². The number of nitrogens with one attached hydrogen (secondary N) is 2. The first-order valence-corrected chi connectivity index (χ1v) is 9.68. The van der Waals surface area contributed by atoms with Gasteiger partial charge >= 0.3 is 6.09 Å². The molecule has 0 saturated carbocycles. The Labute approximate surface area is 184 Å². The second-order valence-electron chi connectivity index (χ2n) is 7.33. The Morgan fingerprint density at radius 3 is 2.44 bits per heavy atom. The fourth-order valence-electron chi connectivity index (χ4n) is 2.10. The summed E-state index contributed by atoms with van der Waals surface area (Å²) in [4.78, 5) is 23.7. The van der Waals surface area contributed by atoms with E-state index in [-0.39, 0.29) is 36.1 Å². The minimum Gasteiger partial charge on any atom is -0.444 e. The molecule has 1 aromatic heterocycles. The van der Waals surface area contributed by atoms with Crippen LogP contribution in [0.2, 0.25) is 0 Å². The lowest BCUT2D eigenvalue weighted by molar-refractivity contribution is 0.0230. The van der Waals surface area contributed by atoms with E-state index in [1.54, 1.807) is 30.3 Å². The van der Waals surface area contributed by atoms with Gasteiger partial charge in [-0.25, -0.2) is 9.78 Å². The quantitative estimate of drug-likeness (QED) is 0.346. The number of carbonyl (C=O) groups is 1. The molecule has 0 spiro atoms. The summed E-state index contributed by atoms with van der Waals surface area (Å²) in [5.41, 5.74) is 0.593. The molecule has 0 aliphatic heterocycles. The van der Waals surface area contributed by atoms with Crippen LogP contribution in [-0.2, 0) is 11.3 Å². The third-order valence-electron chi connectivity index (χ3n) is 3.90. The van der Waals surface area contributed by atoms with Crippen molar-refractivity contribution in [3.05, 3.63) is 15.6 Å². The molecular weight excluding hydrogens is 477 g/mol. The molecule has 7 nitrogen and oxygen atoms in total. The number of hydrogen-bond acceptors (Lipinski definition) is 5. The molecule has 1 amide bonds. The number of ether oxygens (including phenoxy) is 1. The molecule has 0 fully saturated rings. The second-order valence-corrected chi connectivity index (χ2v) is 8.62. The minimum atomic E-state index is -0.484. The highest BCUT2D eigenvalue weighted by Crippen LogP contribution is 2.16. The Kier molecular flexibility index (Phi) is 11.2. The third kappa shape index (κ3) is 9.59. The van der Waals surface area contributed by atoms with E-state index in [9.17, 15) is 4.79 Å². The van der Waals surface area contributed by atoms with Crippen LogP contribution in [0.4, 0.5) is 4.79 Å². The van der Waals surface area contributed by atoms with Gasteiger partial charge in [0, 0.05) is 31.6 Å². The molecule has 0 radical (unpaired) electrons. The Balaban J connectivity index is 0.00000676. The fraction of sp³-hybridized carbons (Fsp3) is 0.722. The molecular formula is C18H34IN5O2S. The average molecular weight is 511 g/mol. The number of halogens is 1. The van der Waals surface area contributed by atoms with Crippen molar-refractivity contribution in [2.24, 2.45) is 4.99 Å². The standard InChI is InChI=1S/C18H33N5O2S.HI/c1-12(23(8)17(24)25-18(4,5)6)9-10-20-16(19-7)21-11-15-22-13(2)14(3)26-15;/h12H,9-11H2,1-8H3,(H2,19,20,21);1H. The Morgan fingerprint density at radius 1 is 1.33 bits per heavy atom. The third-order valence-corrected chi connectivity index (χ3v) is 4.97. The van der Waals surface area contributed by atoms with Crippen molar-refractivity contribution in [3.8, 4) is 0 Å². The predicted octanol–water partition coefficient (Wildman–Crippen LogP) is 3.69. The van der Waals surface area contributed by atoms with E-state index in [1.165, 1.54) is 4.88 Å². The van der Waals surface area contributed by atoms with E-state index in [4.69, 9.17) is 4.74 Å². The normalized spacial score (nSPS) is 12.8. The van der Waals surface area contributed by atoms with Gasteiger partial charge in [-0.1, -0.05) is 0 Å². The summed E-state index contributed by atoms with van der Waals surface area (Å²) in [7, 11) is 3.50. The van der Waals surface area contributed by atoms with Crippen LogP contribution in [0.5, 0.6) is 0 Å². The zero-order chi connectivity index (χ0) is 19.9. The van der Waals surface area contributed by atoms with Gasteiger partial charge in [0.25, 0.3) is 0 Å². The number of hydrogen-bond donors (Lipinski definition) is 2. The summed E-state index contributed by atoms with van der Waals surface area (Å²) in [6.07, 6.45) is 0.480. The highest BCUT2D eigenvalue weighted by molar-refractivity contribution is 14.0. The van der Waals surface area contributed by atoms with Gasteiger partial charge < -0.3 is 20.3 Å². The molecule has 1 unspecified atom stereocenters. The largest absolute Gasteiger partial charge is 0.444 e. The highest BCUT2D eigenvalue weighted by atomic mass is 127. The van der Waals surface area contributed by atoms with E-state index in [0.717, 1.165) is 23.1 Å². The molecule has 2 N–H and O–H groups in total. The fourth-order valence-corrected chi connectivity index (χ4v) is 2.98. The molecule has 1 atom stereocenters. The maximum absolute atomic E-state index is 12.1. The second kappa shape index (κ2) is 11.7. The van der Waals surface area contributed by atoms with Gasteiger partial charge in [-0.2, -0.15) is 0 Å². The van der Waals surface area contributed by atoms with Gasteiger partial charge in [-0.15, -0.1) is 35.3 Å². The van der Waals surface area contributed by atoms with Crippen LogP contribution in [0.1, 0.15) is 49.7 Å². The predicted molar refractivity (Wildman–Crippen MR) is 123 cm³/mol. The summed E-state index contributed by atoms with van der Waals surface area (Å²) in [5, 5.41) is 7.58. The van der Waals surface area contributed by atoms with Gasteiger partial charge in [0.2, 0.25) is 0 Å². The van der Waals surface area contributed by atoms with E-state index >= 15 is 0 Å². The maximum atomic E-state index is 12.1. The number of aliphatic imine (C=N–C) groups is 1. The number of thiazole rings is 1. The molecule has 156 valence electrons. The molecule has 0 bridgehead atoms.